The molecule has 0 aliphatic carbocycles. The Bertz CT molecular complexity index is 637. The van der Waals surface area contributed by atoms with Crippen molar-refractivity contribution in [1.82, 2.24) is 20.1 Å². The van der Waals surface area contributed by atoms with E-state index >= 15 is 0 Å². The van der Waals surface area contributed by atoms with Gasteiger partial charge in [0.25, 0.3) is 0 Å². The van der Waals surface area contributed by atoms with Gasteiger partial charge in [-0.05, 0) is 32.7 Å². The predicted molar refractivity (Wildman–Crippen MR) is 106 cm³/mol. The third-order valence-corrected chi connectivity index (χ3v) is 5.69. The van der Waals surface area contributed by atoms with Crippen molar-refractivity contribution in [3.8, 4) is 0 Å². The molecule has 1 aromatic rings. The summed E-state index contributed by atoms with van der Waals surface area (Å²) < 4.78 is 42.9. The van der Waals surface area contributed by atoms with E-state index in [1.165, 1.54) is 4.90 Å². The van der Waals surface area contributed by atoms with Gasteiger partial charge in [0.2, 0.25) is 0 Å². The normalized spacial score (nSPS) is 19.8. The van der Waals surface area contributed by atoms with Crippen molar-refractivity contribution in [1.29, 1.82) is 0 Å². The summed E-state index contributed by atoms with van der Waals surface area (Å²) in [6.45, 7) is 5.87. The summed E-state index contributed by atoms with van der Waals surface area (Å²) >= 11 is 1.57. The zero-order valence-electron chi connectivity index (χ0n) is 16.9. The summed E-state index contributed by atoms with van der Waals surface area (Å²) in [6.07, 6.45) is -3.43. The molecule has 160 valence electrons. The van der Waals surface area contributed by atoms with Crippen molar-refractivity contribution < 1.29 is 17.9 Å². The molecule has 0 aromatic carbocycles. The lowest BCUT2D eigenvalue weighted by Crippen LogP contribution is -2.39. The molecule has 1 aliphatic heterocycles. The number of hydrogen-bond donors (Lipinski definition) is 1. The molecule has 1 aliphatic rings. The Morgan fingerprint density at radius 1 is 1.54 bits per heavy atom. The number of ether oxygens (including phenoxy) is 1. The van der Waals surface area contributed by atoms with Gasteiger partial charge in [0.1, 0.15) is 11.1 Å². The van der Waals surface area contributed by atoms with Crippen LogP contribution in [0.5, 0.6) is 0 Å². The summed E-state index contributed by atoms with van der Waals surface area (Å²) in [5, 5.41) is 6.19. The number of aromatic nitrogens is 1. The minimum absolute atomic E-state index is 0.0343. The van der Waals surface area contributed by atoms with Gasteiger partial charge in [0.15, 0.2) is 5.96 Å². The van der Waals surface area contributed by atoms with Crippen LogP contribution in [0.2, 0.25) is 0 Å². The van der Waals surface area contributed by atoms with E-state index in [-0.39, 0.29) is 12.0 Å². The van der Waals surface area contributed by atoms with Crippen LogP contribution in [0.25, 0.3) is 0 Å². The number of methoxy groups -OCH3 is 1. The van der Waals surface area contributed by atoms with Crippen molar-refractivity contribution in [3.05, 3.63) is 16.1 Å². The molecule has 1 N–H and O–H groups in total. The van der Waals surface area contributed by atoms with Crippen molar-refractivity contribution in [2.45, 2.75) is 39.1 Å². The summed E-state index contributed by atoms with van der Waals surface area (Å²) in [4.78, 5) is 12.7. The highest BCUT2D eigenvalue weighted by molar-refractivity contribution is 7.09. The van der Waals surface area contributed by atoms with Crippen molar-refractivity contribution >= 4 is 17.3 Å². The van der Waals surface area contributed by atoms with Crippen LogP contribution in [0, 0.1) is 5.92 Å². The molecule has 28 heavy (non-hydrogen) atoms. The molecule has 0 amide bonds. The van der Waals surface area contributed by atoms with Crippen molar-refractivity contribution in [2.24, 2.45) is 10.9 Å². The molecule has 0 radical (unpaired) electrons. The Hall–Kier alpha value is -1.39. The molecular formula is C18H30F3N5OS. The first kappa shape index (κ1) is 22.9. The Morgan fingerprint density at radius 2 is 2.29 bits per heavy atom. The highest BCUT2D eigenvalue weighted by Gasteiger charge is 2.34. The lowest BCUT2D eigenvalue weighted by atomic mass is 10.1. The molecule has 1 saturated heterocycles. The van der Waals surface area contributed by atoms with Crippen LogP contribution in [0.4, 0.5) is 13.2 Å². The molecule has 2 heterocycles. The lowest BCUT2D eigenvalue weighted by Gasteiger charge is -2.22. The fraction of sp³-hybridized carbons (Fsp3) is 0.778. The largest absolute Gasteiger partial charge is 0.401 e. The summed E-state index contributed by atoms with van der Waals surface area (Å²) in [5.74, 6) is 0.893. The fourth-order valence-electron chi connectivity index (χ4n) is 3.14. The van der Waals surface area contributed by atoms with Gasteiger partial charge in [-0.3, -0.25) is 9.89 Å². The second-order valence-corrected chi connectivity index (χ2v) is 8.00. The van der Waals surface area contributed by atoms with E-state index in [4.69, 9.17) is 4.74 Å². The van der Waals surface area contributed by atoms with E-state index in [0.717, 1.165) is 29.6 Å². The lowest BCUT2D eigenvalue weighted by molar-refractivity contribution is -0.143. The number of rotatable bonds is 8. The zero-order chi connectivity index (χ0) is 20.7. The Kier molecular flexibility index (Phi) is 8.51. The molecule has 0 spiro atoms. The van der Waals surface area contributed by atoms with Crippen LogP contribution < -0.4 is 5.32 Å². The van der Waals surface area contributed by atoms with E-state index < -0.39 is 12.7 Å². The van der Waals surface area contributed by atoms with Crippen LogP contribution in [-0.4, -0.2) is 73.8 Å². The molecule has 1 fully saturated rings. The summed E-state index contributed by atoms with van der Waals surface area (Å²) in [6, 6.07) is 0. The SMILES string of the molecule is CCNC(=NCC1CCN(CC(F)(F)F)C1)N(C)Cc1csc(C(C)OC)n1. The van der Waals surface area contributed by atoms with Crippen LogP contribution in [-0.2, 0) is 11.3 Å². The van der Waals surface area contributed by atoms with Gasteiger partial charge < -0.3 is 15.0 Å². The third kappa shape index (κ3) is 7.21. The standard InChI is InChI=1S/C18H30F3N5OS/c1-5-22-17(23-8-14-6-7-26(9-14)12-18(19,20)21)25(3)10-15-11-28-16(24-15)13(2)27-4/h11,13-14H,5-10,12H2,1-4H3,(H,22,23). The smallest absolute Gasteiger partial charge is 0.375 e. The zero-order valence-corrected chi connectivity index (χ0v) is 17.7. The minimum atomic E-state index is -4.14. The molecule has 6 nitrogen and oxygen atoms in total. The first-order chi connectivity index (χ1) is 13.2. The number of alkyl halides is 3. The molecule has 1 aromatic heterocycles. The maximum absolute atomic E-state index is 12.5. The molecule has 2 unspecified atom stereocenters. The Morgan fingerprint density at radius 3 is 2.93 bits per heavy atom. The van der Waals surface area contributed by atoms with E-state index in [1.807, 2.05) is 31.2 Å². The minimum Gasteiger partial charge on any atom is -0.375 e. The van der Waals surface area contributed by atoms with E-state index in [9.17, 15) is 13.2 Å². The summed E-state index contributed by atoms with van der Waals surface area (Å²) in [7, 11) is 3.59. The number of thiazole rings is 1. The number of nitrogens with zero attached hydrogens (tertiary/aromatic N) is 4. The number of aliphatic imine (C=N–C) groups is 1. The second-order valence-electron chi connectivity index (χ2n) is 7.11. The van der Waals surface area contributed by atoms with Gasteiger partial charge in [-0.25, -0.2) is 4.98 Å². The molecular weight excluding hydrogens is 391 g/mol. The predicted octanol–water partition coefficient (Wildman–Crippen LogP) is 3.13. The molecule has 10 heteroatoms. The van der Waals surface area contributed by atoms with Gasteiger partial charge in [-0.15, -0.1) is 11.3 Å². The molecule has 2 rings (SSSR count). The molecule has 0 bridgehead atoms. The average Bonchev–Trinajstić information content (AvgIpc) is 3.26. The van der Waals surface area contributed by atoms with Gasteiger partial charge >= 0.3 is 6.18 Å². The average molecular weight is 422 g/mol. The number of likely N-dealkylation sites (tertiary alicyclic amines) is 1. The van der Waals surface area contributed by atoms with Crippen LogP contribution >= 0.6 is 11.3 Å². The number of halogens is 3. The fourth-order valence-corrected chi connectivity index (χ4v) is 3.99. The maximum Gasteiger partial charge on any atom is 0.401 e. The highest BCUT2D eigenvalue weighted by Crippen LogP contribution is 2.23. The van der Waals surface area contributed by atoms with Gasteiger partial charge in [-0.2, -0.15) is 13.2 Å². The van der Waals surface area contributed by atoms with Crippen molar-refractivity contribution in [2.75, 3.05) is 46.9 Å². The molecule has 2 atom stereocenters. The second kappa shape index (κ2) is 10.4. The topological polar surface area (TPSA) is 53.0 Å². The Labute approximate surface area is 168 Å². The first-order valence-corrected chi connectivity index (χ1v) is 10.4. The Balaban J connectivity index is 1.91. The van der Waals surface area contributed by atoms with E-state index in [0.29, 0.717) is 26.2 Å². The van der Waals surface area contributed by atoms with E-state index in [1.54, 1.807) is 18.4 Å². The van der Waals surface area contributed by atoms with Gasteiger partial charge in [-0.1, -0.05) is 0 Å². The first-order valence-electron chi connectivity index (χ1n) is 9.47. The number of guanidine groups is 1. The quantitative estimate of drug-likeness (QED) is 0.516. The van der Waals surface area contributed by atoms with Gasteiger partial charge in [0, 0.05) is 39.2 Å². The van der Waals surface area contributed by atoms with Crippen LogP contribution in [0.15, 0.2) is 10.4 Å². The summed E-state index contributed by atoms with van der Waals surface area (Å²) in [5.41, 5.74) is 0.939. The monoisotopic (exact) mass is 421 g/mol. The maximum atomic E-state index is 12.5. The van der Waals surface area contributed by atoms with Crippen molar-refractivity contribution in [3.63, 3.8) is 0 Å². The van der Waals surface area contributed by atoms with Crippen LogP contribution in [0.1, 0.15) is 37.1 Å². The van der Waals surface area contributed by atoms with Crippen LogP contribution in [0.3, 0.4) is 0 Å². The molecule has 0 saturated carbocycles. The van der Waals surface area contributed by atoms with Gasteiger partial charge in [0.05, 0.1) is 18.8 Å². The third-order valence-electron chi connectivity index (χ3n) is 4.64. The number of nitrogens with one attached hydrogen (secondary N) is 1. The number of hydrogen-bond acceptors (Lipinski definition) is 5. The highest BCUT2D eigenvalue weighted by atomic mass is 32.1. The van der Waals surface area contributed by atoms with E-state index in [2.05, 4.69) is 15.3 Å².